The van der Waals surface area contributed by atoms with Crippen LogP contribution in [0.2, 0.25) is 0 Å². The Balaban J connectivity index is 2.25. The van der Waals surface area contributed by atoms with E-state index >= 15 is 0 Å². The van der Waals surface area contributed by atoms with Gasteiger partial charge in [-0.25, -0.2) is 9.59 Å². The summed E-state index contributed by atoms with van der Waals surface area (Å²) in [5.74, 6) is -0.673. The highest BCUT2D eigenvalue weighted by atomic mass is 16.6. The van der Waals surface area contributed by atoms with E-state index in [-0.39, 0.29) is 29.1 Å². The number of amides is 2. The largest absolute Gasteiger partial charge is 0.463 e. The minimum atomic E-state index is -0.826. The van der Waals surface area contributed by atoms with Crippen LogP contribution in [-0.2, 0) is 9.53 Å². The van der Waals surface area contributed by atoms with Crippen molar-refractivity contribution in [3.05, 3.63) is 69.5 Å². The van der Waals surface area contributed by atoms with Gasteiger partial charge in [-0.2, -0.15) is 0 Å². The van der Waals surface area contributed by atoms with Crippen molar-refractivity contribution in [2.75, 3.05) is 6.61 Å². The fourth-order valence-electron chi connectivity index (χ4n) is 2.81. The van der Waals surface area contributed by atoms with Crippen LogP contribution in [-0.4, -0.2) is 28.5 Å². The Morgan fingerprint density at radius 2 is 2.04 bits per heavy atom. The quantitative estimate of drug-likeness (QED) is 0.430. The van der Waals surface area contributed by atoms with E-state index in [1.54, 1.807) is 31.3 Å². The number of rotatable bonds is 5. The number of carbonyl (C=O) groups is 2. The monoisotopic (exact) mass is 356 g/mol. The molecule has 9 heteroatoms. The number of aromatic nitrogens is 1. The molecule has 2 heterocycles. The lowest BCUT2D eigenvalue weighted by Crippen LogP contribution is -2.45. The molecule has 26 heavy (non-hydrogen) atoms. The third-order valence-corrected chi connectivity index (χ3v) is 3.87. The second kappa shape index (κ2) is 7.09. The van der Waals surface area contributed by atoms with Gasteiger partial charge in [0.1, 0.15) is 6.04 Å². The highest BCUT2D eigenvalue weighted by Crippen LogP contribution is 2.34. The molecule has 1 aliphatic heterocycles. The van der Waals surface area contributed by atoms with Gasteiger partial charge in [-0.3, -0.25) is 10.1 Å². The molecule has 1 unspecified atom stereocenters. The first-order valence-corrected chi connectivity index (χ1v) is 7.88. The zero-order valence-corrected chi connectivity index (χ0v) is 13.8. The lowest BCUT2D eigenvalue weighted by Gasteiger charge is -2.28. The molecule has 1 atom stereocenters. The van der Waals surface area contributed by atoms with Crippen LogP contribution in [0.25, 0.3) is 5.70 Å². The molecule has 1 aromatic carbocycles. The molecule has 2 aromatic rings. The van der Waals surface area contributed by atoms with Crippen molar-refractivity contribution in [1.82, 2.24) is 15.6 Å². The number of esters is 1. The number of hydrogen-bond acceptors (Lipinski definition) is 5. The van der Waals surface area contributed by atoms with Gasteiger partial charge < -0.3 is 20.4 Å². The number of carbonyl (C=O) groups excluding carboxylic acids is 2. The Kier molecular flexibility index (Phi) is 4.70. The second-order valence-corrected chi connectivity index (χ2v) is 5.44. The van der Waals surface area contributed by atoms with E-state index in [0.717, 1.165) is 0 Å². The molecule has 0 saturated heterocycles. The third-order valence-electron chi connectivity index (χ3n) is 3.87. The second-order valence-electron chi connectivity index (χ2n) is 5.44. The van der Waals surface area contributed by atoms with Crippen molar-refractivity contribution in [1.29, 1.82) is 0 Å². The van der Waals surface area contributed by atoms with E-state index in [1.807, 2.05) is 0 Å². The maximum atomic E-state index is 12.6. The van der Waals surface area contributed by atoms with Crippen LogP contribution < -0.4 is 10.6 Å². The van der Waals surface area contributed by atoms with E-state index in [9.17, 15) is 19.7 Å². The molecule has 1 aliphatic rings. The average Bonchev–Trinajstić information content (AvgIpc) is 3.15. The van der Waals surface area contributed by atoms with Crippen LogP contribution >= 0.6 is 0 Å². The fourth-order valence-corrected chi connectivity index (χ4v) is 2.81. The molecule has 0 saturated carbocycles. The van der Waals surface area contributed by atoms with Gasteiger partial charge >= 0.3 is 12.0 Å². The predicted octanol–water partition coefficient (Wildman–Crippen LogP) is 2.25. The molecule has 0 radical (unpaired) electrons. The zero-order chi connectivity index (χ0) is 18.7. The first-order chi connectivity index (χ1) is 12.5. The number of nitro groups is 1. The normalized spacial score (nSPS) is 16.7. The highest BCUT2D eigenvalue weighted by Gasteiger charge is 2.36. The number of H-pyrrole nitrogens is 1. The average molecular weight is 356 g/mol. The summed E-state index contributed by atoms with van der Waals surface area (Å²) in [6.45, 7) is 1.78. The molecule has 0 bridgehead atoms. The number of urea groups is 1. The van der Waals surface area contributed by atoms with Crippen LogP contribution in [0, 0.1) is 10.1 Å². The van der Waals surface area contributed by atoms with Gasteiger partial charge in [-0.05, 0) is 25.1 Å². The number of nitro benzene ring substituents is 1. The summed E-state index contributed by atoms with van der Waals surface area (Å²) in [7, 11) is 0. The van der Waals surface area contributed by atoms with Gasteiger partial charge in [0.2, 0.25) is 0 Å². The Morgan fingerprint density at radius 3 is 2.69 bits per heavy atom. The van der Waals surface area contributed by atoms with Gasteiger partial charge in [0.25, 0.3) is 5.69 Å². The van der Waals surface area contributed by atoms with E-state index in [4.69, 9.17) is 4.74 Å². The summed E-state index contributed by atoms with van der Waals surface area (Å²) in [4.78, 5) is 38.6. The summed E-state index contributed by atoms with van der Waals surface area (Å²) < 4.78 is 5.13. The lowest BCUT2D eigenvalue weighted by molar-refractivity contribution is -0.385. The molecule has 1 aromatic heterocycles. The molecular formula is C17H16N4O5. The smallest absolute Gasteiger partial charge is 0.338 e. The number of nitrogens with zero attached hydrogens (tertiary/aromatic N) is 1. The van der Waals surface area contributed by atoms with Gasteiger partial charge in [0, 0.05) is 18.0 Å². The Bertz CT molecular complexity index is 888. The van der Waals surface area contributed by atoms with E-state index in [0.29, 0.717) is 5.69 Å². The SMILES string of the molecule is CCOC(=O)C1=C(c2ccccc2[N+](=O)[O-])NC(=O)NC1c1ccc[nH]1. The minimum Gasteiger partial charge on any atom is -0.463 e. The van der Waals surface area contributed by atoms with Gasteiger partial charge in [-0.15, -0.1) is 0 Å². The number of ether oxygens (including phenoxy) is 1. The molecule has 0 fully saturated rings. The fraction of sp³-hybridized carbons (Fsp3) is 0.176. The highest BCUT2D eigenvalue weighted by molar-refractivity contribution is 6.05. The Morgan fingerprint density at radius 1 is 1.27 bits per heavy atom. The third kappa shape index (κ3) is 3.14. The van der Waals surface area contributed by atoms with Crippen LogP contribution in [0.1, 0.15) is 24.2 Å². The van der Waals surface area contributed by atoms with Crippen LogP contribution in [0.3, 0.4) is 0 Å². The summed E-state index contributed by atoms with van der Waals surface area (Å²) in [6.07, 6.45) is 1.65. The van der Waals surface area contributed by atoms with Crippen molar-refractivity contribution < 1.29 is 19.2 Å². The molecule has 9 nitrogen and oxygen atoms in total. The van der Waals surface area contributed by atoms with Crippen molar-refractivity contribution >= 4 is 23.4 Å². The lowest BCUT2D eigenvalue weighted by atomic mass is 9.95. The standard InChI is InChI=1S/C17H16N4O5/c1-2-26-16(22)13-14(10-6-3-4-8-12(10)21(24)25)19-17(23)20-15(13)11-7-5-9-18-11/h3-9,15,18H,2H2,1H3,(H2,19,20,23). The zero-order valence-electron chi connectivity index (χ0n) is 13.8. The first kappa shape index (κ1) is 17.2. The molecule has 134 valence electrons. The summed E-state index contributed by atoms with van der Waals surface area (Å²) in [6, 6.07) is 7.91. The molecule has 0 spiro atoms. The van der Waals surface area contributed by atoms with Gasteiger partial charge in [0.15, 0.2) is 0 Å². The number of nitrogens with one attached hydrogen (secondary N) is 3. The summed E-state index contributed by atoms with van der Waals surface area (Å²) in [5.41, 5.74) is 0.602. The number of para-hydroxylation sites is 1. The molecular weight excluding hydrogens is 340 g/mol. The van der Waals surface area contributed by atoms with Crippen molar-refractivity contribution in [2.24, 2.45) is 0 Å². The predicted molar refractivity (Wildman–Crippen MR) is 91.9 cm³/mol. The van der Waals surface area contributed by atoms with Crippen LogP contribution in [0.4, 0.5) is 10.5 Å². The Labute approximate surface area is 148 Å². The number of hydrogen-bond donors (Lipinski definition) is 3. The van der Waals surface area contributed by atoms with E-state index in [1.165, 1.54) is 18.2 Å². The van der Waals surface area contributed by atoms with Gasteiger partial charge in [0.05, 0.1) is 28.4 Å². The molecule has 3 N–H and O–H groups in total. The molecule has 0 aliphatic carbocycles. The summed E-state index contributed by atoms with van der Waals surface area (Å²) >= 11 is 0. The van der Waals surface area contributed by atoms with Crippen LogP contribution in [0.5, 0.6) is 0 Å². The molecule has 3 rings (SSSR count). The maximum absolute atomic E-state index is 12.6. The van der Waals surface area contributed by atoms with E-state index in [2.05, 4.69) is 15.6 Å². The molecule has 2 amide bonds. The number of benzene rings is 1. The topological polar surface area (TPSA) is 126 Å². The number of aromatic amines is 1. The Hall–Kier alpha value is -3.62. The van der Waals surface area contributed by atoms with Crippen molar-refractivity contribution in [3.63, 3.8) is 0 Å². The minimum absolute atomic E-state index is 0.0547. The summed E-state index contributed by atoms with van der Waals surface area (Å²) in [5, 5.41) is 16.6. The van der Waals surface area contributed by atoms with Gasteiger partial charge in [-0.1, -0.05) is 12.1 Å². The van der Waals surface area contributed by atoms with Crippen molar-refractivity contribution in [2.45, 2.75) is 13.0 Å². The van der Waals surface area contributed by atoms with Crippen molar-refractivity contribution in [3.8, 4) is 0 Å². The first-order valence-electron chi connectivity index (χ1n) is 7.88. The maximum Gasteiger partial charge on any atom is 0.338 e. The van der Waals surface area contributed by atoms with Crippen LogP contribution in [0.15, 0.2) is 48.2 Å². The van der Waals surface area contributed by atoms with E-state index < -0.39 is 23.0 Å².